The quantitative estimate of drug-likeness (QED) is 0.351. The van der Waals surface area contributed by atoms with Gasteiger partial charge in [0.05, 0.1) is 24.6 Å². The molecule has 0 aliphatic carbocycles. The zero-order valence-electron chi connectivity index (χ0n) is 14.0. The van der Waals surface area contributed by atoms with E-state index in [0.29, 0.717) is 0 Å². The van der Waals surface area contributed by atoms with E-state index in [1.165, 1.54) is 57.8 Å². The Balaban J connectivity index is 0. The first-order valence-corrected chi connectivity index (χ1v) is 11.1. The highest BCUT2D eigenvalue weighted by atomic mass is 79.9. The van der Waals surface area contributed by atoms with Gasteiger partial charge >= 0.3 is 0 Å². The molecule has 0 aliphatic heterocycles. The topological polar surface area (TPSA) is 0 Å². The molecule has 0 spiro atoms. The van der Waals surface area contributed by atoms with Gasteiger partial charge < -0.3 is 17.0 Å². The lowest BCUT2D eigenvalue weighted by Gasteiger charge is -2.27. The number of hydrogen-bond acceptors (Lipinski definition) is 0. The van der Waals surface area contributed by atoms with Crippen molar-refractivity contribution in [3.63, 3.8) is 0 Å². The van der Waals surface area contributed by atoms with Gasteiger partial charge in [-0.15, -0.1) is 0 Å². The highest BCUT2D eigenvalue weighted by Crippen LogP contribution is 2.60. The molecule has 0 unspecified atom stereocenters. The summed E-state index contributed by atoms with van der Waals surface area (Å²) in [4.78, 5) is 0. The molecule has 0 bridgehead atoms. The second-order valence-corrected chi connectivity index (χ2v) is 10.5. The molecule has 118 valence electrons. The molecule has 0 amide bonds. The molecule has 0 aromatic heterocycles. The van der Waals surface area contributed by atoms with Gasteiger partial charge in [0.25, 0.3) is 0 Å². The van der Waals surface area contributed by atoms with Gasteiger partial charge in [0.15, 0.2) is 0 Å². The van der Waals surface area contributed by atoms with Crippen LogP contribution in [0.5, 0.6) is 0 Å². The molecule has 0 rings (SSSR count). The Kier molecular flexibility index (Phi) is 17.9. The summed E-state index contributed by atoms with van der Waals surface area (Å²) in [5.74, 6) is 0. The standard InChI is InChI=1S/C17H38P.BrH/c1-5-9-10-11-12-13-17-18(14-6-2,15-7-3)16-8-4;/h5-17H2,1-4H3;1H/q+1;/p-1. The van der Waals surface area contributed by atoms with Gasteiger partial charge in [-0.3, -0.25) is 0 Å². The highest BCUT2D eigenvalue weighted by Gasteiger charge is 2.33. The zero-order valence-corrected chi connectivity index (χ0v) is 16.5. The van der Waals surface area contributed by atoms with E-state index in [2.05, 4.69) is 27.7 Å². The summed E-state index contributed by atoms with van der Waals surface area (Å²) in [7, 11) is -0.552. The summed E-state index contributed by atoms with van der Waals surface area (Å²) in [6, 6.07) is 0. The molecule has 2 heteroatoms. The van der Waals surface area contributed by atoms with E-state index in [9.17, 15) is 0 Å². The molecule has 19 heavy (non-hydrogen) atoms. The number of hydrogen-bond donors (Lipinski definition) is 0. The predicted octanol–water partition coefficient (Wildman–Crippen LogP) is 3.60. The minimum atomic E-state index is -0.552. The Morgan fingerprint density at radius 2 is 0.895 bits per heavy atom. The molecule has 0 saturated carbocycles. The van der Waals surface area contributed by atoms with Crippen LogP contribution in [0.4, 0.5) is 0 Å². The molecule has 0 aromatic carbocycles. The average molecular weight is 353 g/mol. The fraction of sp³-hybridized carbons (Fsp3) is 1.00. The molecular formula is C17H38BrP. The fourth-order valence-electron chi connectivity index (χ4n) is 3.32. The normalized spacial score (nSPS) is 11.4. The maximum absolute atomic E-state index is 2.39. The van der Waals surface area contributed by atoms with Crippen LogP contribution in [0, 0.1) is 0 Å². The number of rotatable bonds is 13. The second-order valence-electron chi connectivity index (χ2n) is 6.00. The van der Waals surface area contributed by atoms with Crippen molar-refractivity contribution in [3.05, 3.63) is 0 Å². The van der Waals surface area contributed by atoms with Gasteiger partial charge in [0.2, 0.25) is 0 Å². The van der Waals surface area contributed by atoms with Crippen LogP contribution in [0.15, 0.2) is 0 Å². The van der Waals surface area contributed by atoms with Crippen molar-refractivity contribution in [2.24, 2.45) is 0 Å². The summed E-state index contributed by atoms with van der Waals surface area (Å²) >= 11 is 0. The third-order valence-electron chi connectivity index (χ3n) is 4.08. The Labute approximate surface area is 134 Å². The molecule has 0 aliphatic rings. The van der Waals surface area contributed by atoms with Gasteiger partial charge in [0.1, 0.15) is 0 Å². The Bertz CT molecular complexity index is 154. The van der Waals surface area contributed by atoms with E-state index < -0.39 is 7.26 Å². The predicted molar refractivity (Wildman–Crippen MR) is 90.6 cm³/mol. The van der Waals surface area contributed by atoms with Crippen LogP contribution in [0.25, 0.3) is 0 Å². The third-order valence-corrected chi connectivity index (χ3v) is 9.53. The Morgan fingerprint density at radius 1 is 0.474 bits per heavy atom. The lowest BCUT2D eigenvalue weighted by molar-refractivity contribution is -0.00000428. The first-order valence-electron chi connectivity index (χ1n) is 8.59. The van der Waals surface area contributed by atoms with Gasteiger partial charge in [-0.2, -0.15) is 0 Å². The summed E-state index contributed by atoms with van der Waals surface area (Å²) in [6.07, 6.45) is 19.4. The molecule has 0 fully saturated rings. The van der Waals surface area contributed by atoms with Crippen molar-refractivity contribution in [2.45, 2.75) is 85.5 Å². The van der Waals surface area contributed by atoms with Crippen LogP contribution in [-0.2, 0) is 0 Å². The van der Waals surface area contributed by atoms with E-state index in [0.717, 1.165) is 0 Å². The Morgan fingerprint density at radius 3 is 1.32 bits per heavy atom. The smallest absolute Gasteiger partial charge is 0.0594 e. The largest absolute Gasteiger partial charge is 1.00 e. The van der Waals surface area contributed by atoms with E-state index in [4.69, 9.17) is 0 Å². The Hall–Kier alpha value is 0.910. The van der Waals surface area contributed by atoms with E-state index >= 15 is 0 Å². The van der Waals surface area contributed by atoms with Crippen molar-refractivity contribution < 1.29 is 17.0 Å². The van der Waals surface area contributed by atoms with Crippen molar-refractivity contribution in [2.75, 3.05) is 24.6 Å². The summed E-state index contributed by atoms with van der Waals surface area (Å²) in [5.41, 5.74) is 0. The number of unbranched alkanes of at least 4 members (excludes halogenated alkanes) is 5. The van der Waals surface area contributed by atoms with Crippen molar-refractivity contribution >= 4 is 7.26 Å². The summed E-state index contributed by atoms with van der Waals surface area (Å²) < 4.78 is 0. The molecule has 0 nitrogen and oxygen atoms in total. The second kappa shape index (κ2) is 15.3. The van der Waals surface area contributed by atoms with E-state index in [-0.39, 0.29) is 17.0 Å². The van der Waals surface area contributed by atoms with Crippen LogP contribution < -0.4 is 17.0 Å². The van der Waals surface area contributed by atoms with Gasteiger partial charge in [0, 0.05) is 7.26 Å². The van der Waals surface area contributed by atoms with Crippen molar-refractivity contribution in [3.8, 4) is 0 Å². The first-order chi connectivity index (χ1) is 8.74. The lowest BCUT2D eigenvalue weighted by atomic mass is 10.1. The highest BCUT2D eigenvalue weighted by molar-refractivity contribution is 7.75. The van der Waals surface area contributed by atoms with Crippen molar-refractivity contribution in [1.29, 1.82) is 0 Å². The number of halogens is 1. The third kappa shape index (κ3) is 11.3. The SMILES string of the molecule is CCCCCCCC[P+](CCC)(CCC)CCC.[Br-]. The monoisotopic (exact) mass is 352 g/mol. The minimum absolute atomic E-state index is 0. The maximum Gasteiger partial charge on any atom is 0.0594 e. The van der Waals surface area contributed by atoms with Gasteiger partial charge in [-0.1, -0.05) is 53.4 Å². The lowest BCUT2D eigenvalue weighted by Crippen LogP contribution is -3.00. The van der Waals surface area contributed by atoms with E-state index in [1.54, 1.807) is 24.6 Å². The van der Waals surface area contributed by atoms with Crippen molar-refractivity contribution in [1.82, 2.24) is 0 Å². The zero-order chi connectivity index (χ0) is 13.7. The average Bonchev–Trinajstić information content (AvgIpc) is 2.35. The molecule has 0 atom stereocenters. The maximum atomic E-state index is 2.39. The molecule has 0 N–H and O–H groups in total. The summed E-state index contributed by atoms with van der Waals surface area (Å²) in [5, 5.41) is 0. The first kappa shape index (κ1) is 22.2. The van der Waals surface area contributed by atoms with Crippen LogP contribution in [-0.4, -0.2) is 24.6 Å². The van der Waals surface area contributed by atoms with E-state index in [1.807, 2.05) is 0 Å². The molecule has 0 radical (unpaired) electrons. The molecule has 0 saturated heterocycles. The van der Waals surface area contributed by atoms with Crippen LogP contribution >= 0.6 is 7.26 Å². The van der Waals surface area contributed by atoms with Crippen LogP contribution in [0.2, 0.25) is 0 Å². The van der Waals surface area contributed by atoms with Crippen LogP contribution in [0.1, 0.15) is 85.5 Å². The molecule has 0 heterocycles. The van der Waals surface area contributed by atoms with Gasteiger partial charge in [-0.25, -0.2) is 0 Å². The molecule has 0 aromatic rings. The van der Waals surface area contributed by atoms with Gasteiger partial charge in [-0.05, 0) is 32.1 Å². The fourth-order valence-corrected chi connectivity index (χ4v) is 8.40. The molecular weight excluding hydrogens is 315 g/mol. The minimum Gasteiger partial charge on any atom is -1.00 e. The van der Waals surface area contributed by atoms with Crippen LogP contribution in [0.3, 0.4) is 0 Å². The summed E-state index contributed by atoms with van der Waals surface area (Å²) in [6.45, 7) is 9.48.